The maximum absolute atomic E-state index is 13.2. The van der Waals surface area contributed by atoms with Crippen LogP contribution in [0.25, 0.3) is 0 Å². The van der Waals surface area contributed by atoms with Crippen LogP contribution in [-0.2, 0) is 0 Å². The summed E-state index contributed by atoms with van der Waals surface area (Å²) < 4.78 is 17.7. The lowest BCUT2D eigenvalue weighted by Gasteiger charge is -2.05. The van der Waals surface area contributed by atoms with E-state index >= 15 is 0 Å². The van der Waals surface area contributed by atoms with E-state index in [2.05, 4.69) is 4.74 Å². The number of halogens is 1. The van der Waals surface area contributed by atoms with Gasteiger partial charge in [-0.1, -0.05) is 0 Å². The van der Waals surface area contributed by atoms with Gasteiger partial charge in [-0.25, -0.2) is 0 Å². The summed E-state index contributed by atoms with van der Waals surface area (Å²) in [5.74, 6) is -2.81. The topological polar surface area (TPSA) is 89.7 Å². The number of carbonyl (C=O) groups excluding carboxylic acids is 1. The molecule has 0 saturated carbocycles. The Morgan fingerprint density at radius 3 is 2.67 bits per heavy atom. The molecule has 80 valence electrons. The molecule has 0 spiro atoms. The van der Waals surface area contributed by atoms with Crippen molar-refractivity contribution in [1.82, 2.24) is 0 Å². The summed E-state index contributed by atoms with van der Waals surface area (Å²) in [6.07, 6.45) is 0.114. The molecule has 1 N–H and O–H groups in total. The molecule has 0 fully saturated rings. The number of phenolic OH excluding ortho intramolecular Hbond substituents is 1. The van der Waals surface area contributed by atoms with Crippen LogP contribution in [0.1, 0.15) is 10.4 Å². The van der Waals surface area contributed by atoms with Gasteiger partial charge < -0.3 is 9.84 Å². The fraction of sp³-hybridized carbons (Fsp3) is 0.125. The molecular formula is C8H6FNO5. The molecule has 0 aliphatic heterocycles. The van der Waals surface area contributed by atoms with E-state index in [-0.39, 0.29) is 12.0 Å². The van der Waals surface area contributed by atoms with E-state index in [1.54, 1.807) is 0 Å². The van der Waals surface area contributed by atoms with Gasteiger partial charge in [0.15, 0.2) is 12.0 Å². The normalized spacial score (nSPS) is 9.73. The first-order chi connectivity index (χ1) is 7.02. The molecule has 15 heavy (non-hydrogen) atoms. The third-order valence-corrected chi connectivity index (χ3v) is 1.74. The minimum Gasteiger partial charge on any atom is -0.502 e. The summed E-state index contributed by atoms with van der Waals surface area (Å²) in [4.78, 5) is 19.8. The van der Waals surface area contributed by atoms with Crippen LogP contribution in [0.3, 0.4) is 0 Å². The smallest absolute Gasteiger partial charge is 0.319 e. The molecule has 0 aliphatic rings. The van der Waals surface area contributed by atoms with E-state index in [0.717, 1.165) is 13.2 Å². The number of nitro groups is 1. The van der Waals surface area contributed by atoms with E-state index in [0.29, 0.717) is 0 Å². The molecular weight excluding hydrogens is 209 g/mol. The monoisotopic (exact) mass is 215 g/mol. The fourth-order valence-corrected chi connectivity index (χ4v) is 1.06. The number of nitro benzene ring substituents is 1. The molecule has 0 aliphatic carbocycles. The number of benzene rings is 1. The van der Waals surface area contributed by atoms with Gasteiger partial charge in [-0.05, 0) is 0 Å². The van der Waals surface area contributed by atoms with Gasteiger partial charge in [0.05, 0.1) is 17.6 Å². The number of nitrogens with zero attached hydrogens (tertiary/aromatic N) is 1. The van der Waals surface area contributed by atoms with E-state index in [1.165, 1.54) is 0 Å². The molecule has 0 saturated heterocycles. The SMILES string of the molecule is COc1cc(C=O)c([N+](=O)[O-])c(F)c1O. The molecule has 0 aromatic heterocycles. The summed E-state index contributed by atoms with van der Waals surface area (Å²) >= 11 is 0. The first-order valence-electron chi connectivity index (χ1n) is 3.72. The second kappa shape index (κ2) is 3.91. The number of methoxy groups -OCH3 is 1. The molecule has 0 unspecified atom stereocenters. The lowest BCUT2D eigenvalue weighted by atomic mass is 10.1. The predicted octanol–water partition coefficient (Wildman–Crippen LogP) is 1.26. The highest BCUT2D eigenvalue weighted by Gasteiger charge is 2.26. The van der Waals surface area contributed by atoms with E-state index in [4.69, 9.17) is 5.11 Å². The molecule has 1 rings (SSSR count). The number of carbonyl (C=O) groups is 1. The Hall–Kier alpha value is -2.18. The van der Waals surface area contributed by atoms with E-state index < -0.39 is 27.7 Å². The predicted molar refractivity (Wildman–Crippen MR) is 46.7 cm³/mol. The highest BCUT2D eigenvalue weighted by Crippen LogP contribution is 2.36. The van der Waals surface area contributed by atoms with E-state index in [1.807, 2.05) is 0 Å². The molecule has 0 bridgehead atoms. The van der Waals surface area contributed by atoms with Crippen LogP contribution in [-0.4, -0.2) is 23.4 Å². The van der Waals surface area contributed by atoms with Gasteiger partial charge in [0.1, 0.15) is 0 Å². The van der Waals surface area contributed by atoms with Crippen LogP contribution in [0.4, 0.5) is 10.1 Å². The van der Waals surface area contributed by atoms with Crippen molar-refractivity contribution in [2.45, 2.75) is 0 Å². The Balaban J connectivity index is 3.58. The molecule has 6 nitrogen and oxygen atoms in total. The highest BCUT2D eigenvalue weighted by atomic mass is 19.1. The number of aldehydes is 1. The summed E-state index contributed by atoms with van der Waals surface area (Å²) in [6, 6.07) is 0.892. The second-order valence-corrected chi connectivity index (χ2v) is 2.55. The Morgan fingerprint density at radius 2 is 2.27 bits per heavy atom. The summed E-state index contributed by atoms with van der Waals surface area (Å²) in [5, 5.41) is 19.5. The zero-order valence-corrected chi connectivity index (χ0v) is 7.56. The van der Waals surface area contributed by atoms with Crippen LogP contribution in [0.2, 0.25) is 0 Å². The average Bonchev–Trinajstić information content (AvgIpc) is 2.20. The van der Waals surface area contributed by atoms with Crippen LogP contribution in [0.5, 0.6) is 11.5 Å². The van der Waals surface area contributed by atoms with Gasteiger partial charge in [0, 0.05) is 6.07 Å². The molecule has 0 heterocycles. The zero-order chi connectivity index (χ0) is 11.6. The van der Waals surface area contributed by atoms with Crippen molar-refractivity contribution in [3.8, 4) is 11.5 Å². The fourth-order valence-electron chi connectivity index (χ4n) is 1.06. The van der Waals surface area contributed by atoms with Crippen molar-refractivity contribution in [3.63, 3.8) is 0 Å². The van der Waals surface area contributed by atoms with Crippen LogP contribution in [0.15, 0.2) is 6.07 Å². The Kier molecular flexibility index (Phi) is 2.84. The van der Waals surface area contributed by atoms with Gasteiger partial charge in [0.25, 0.3) is 0 Å². The second-order valence-electron chi connectivity index (χ2n) is 2.55. The van der Waals surface area contributed by atoms with Crippen molar-refractivity contribution >= 4 is 12.0 Å². The van der Waals surface area contributed by atoms with Crippen molar-refractivity contribution < 1.29 is 24.0 Å². The highest BCUT2D eigenvalue weighted by molar-refractivity contribution is 5.83. The summed E-state index contributed by atoms with van der Waals surface area (Å²) in [5.41, 5.74) is -1.56. The standard InChI is InChI=1S/C8H6FNO5/c1-15-5-2-4(3-11)7(10(13)14)6(9)8(5)12/h2-3,12H,1H3. The largest absolute Gasteiger partial charge is 0.502 e. The van der Waals surface area contributed by atoms with E-state index in [9.17, 15) is 19.3 Å². The lowest BCUT2D eigenvalue weighted by Crippen LogP contribution is -2.00. The Morgan fingerprint density at radius 1 is 1.67 bits per heavy atom. The minimum absolute atomic E-state index is 0.114. The third kappa shape index (κ3) is 1.71. The van der Waals surface area contributed by atoms with Gasteiger partial charge in [0.2, 0.25) is 11.6 Å². The average molecular weight is 215 g/mol. The van der Waals surface area contributed by atoms with Crippen LogP contribution in [0, 0.1) is 15.9 Å². The molecule has 7 heteroatoms. The lowest BCUT2D eigenvalue weighted by molar-refractivity contribution is -0.387. The number of rotatable bonds is 3. The number of phenols is 1. The number of hydrogen-bond donors (Lipinski definition) is 1. The van der Waals surface area contributed by atoms with Crippen molar-refractivity contribution in [1.29, 1.82) is 0 Å². The van der Waals surface area contributed by atoms with Crippen molar-refractivity contribution in [3.05, 3.63) is 27.6 Å². The van der Waals surface area contributed by atoms with Crippen LogP contribution >= 0.6 is 0 Å². The third-order valence-electron chi connectivity index (χ3n) is 1.74. The Labute approximate surface area is 83.0 Å². The summed E-state index contributed by atoms with van der Waals surface area (Å²) in [6.45, 7) is 0. The zero-order valence-electron chi connectivity index (χ0n) is 7.56. The molecule has 1 aromatic carbocycles. The van der Waals surface area contributed by atoms with Crippen molar-refractivity contribution in [2.24, 2.45) is 0 Å². The number of hydrogen-bond acceptors (Lipinski definition) is 5. The Bertz CT molecular complexity index is 432. The first kappa shape index (κ1) is 10.9. The molecule has 0 amide bonds. The first-order valence-corrected chi connectivity index (χ1v) is 3.72. The van der Waals surface area contributed by atoms with Crippen molar-refractivity contribution in [2.75, 3.05) is 7.11 Å². The summed E-state index contributed by atoms with van der Waals surface area (Å²) in [7, 11) is 1.13. The number of aromatic hydroxyl groups is 1. The maximum atomic E-state index is 13.2. The van der Waals surface area contributed by atoms with Crippen LogP contribution < -0.4 is 4.74 Å². The quantitative estimate of drug-likeness (QED) is 0.465. The minimum atomic E-state index is -1.48. The number of ether oxygens (including phenoxy) is 1. The van der Waals surface area contributed by atoms with Gasteiger partial charge in [-0.3, -0.25) is 14.9 Å². The van der Waals surface area contributed by atoms with Gasteiger partial charge in [-0.15, -0.1) is 0 Å². The molecule has 0 atom stereocenters. The maximum Gasteiger partial charge on any atom is 0.319 e. The molecule has 0 radical (unpaired) electrons. The van der Waals surface area contributed by atoms with Gasteiger partial charge >= 0.3 is 5.69 Å². The molecule has 1 aromatic rings. The van der Waals surface area contributed by atoms with Gasteiger partial charge in [-0.2, -0.15) is 4.39 Å².